The predicted octanol–water partition coefficient (Wildman–Crippen LogP) is 4.45. The lowest BCUT2D eigenvalue weighted by atomic mass is 9.86. The van der Waals surface area contributed by atoms with Crippen LogP contribution >= 0.6 is 0 Å². The van der Waals surface area contributed by atoms with Crippen LogP contribution in [-0.4, -0.2) is 12.1 Å². The molecule has 1 aromatic carbocycles. The molecule has 0 spiro atoms. The molecule has 0 heterocycles. The molecule has 0 bridgehead atoms. The maximum Gasteiger partial charge on any atom is 0.00817 e. The lowest BCUT2D eigenvalue weighted by Crippen LogP contribution is -2.35. The van der Waals surface area contributed by atoms with Crippen molar-refractivity contribution in [2.24, 2.45) is 0 Å². The van der Waals surface area contributed by atoms with Gasteiger partial charge in [-0.1, -0.05) is 57.9 Å². The second-order valence-corrected chi connectivity index (χ2v) is 7.20. The minimum Gasteiger partial charge on any atom is -0.311 e. The molecule has 1 aliphatic rings. The standard InChI is InChI=1S/C18H29N/c1-14(19-17-7-5-6-8-17)13-15-9-11-16(12-10-15)18(2,3)4/h9-12,14,17,19H,5-8,13H2,1-4H3. The van der Waals surface area contributed by atoms with Crippen molar-refractivity contribution in [3.05, 3.63) is 35.4 Å². The van der Waals surface area contributed by atoms with Gasteiger partial charge in [0.25, 0.3) is 0 Å². The number of nitrogens with one attached hydrogen (secondary N) is 1. The molecule has 1 atom stereocenters. The van der Waals surface area contributed by atoms with Gasteiger partial charge < -0.3 is 5.32 Å². The molecule has 1 saturated carbocycles. The average Bonchev–Trinajstić information content (AvgIpc) is 2.81. The number of rotatable bonds is 4. The first-order chi connectivity index (χ1) is 8.95. The minimum absolute atomic E-state index is 0.256. The van der Waals surface area contributed by atoms with E-state index in [9.17, 15) is 0 Å². The van der Waals surface area contributed by atoms with Gasteiger partial charge in [0.1, 0.15) is 0 Å². The largest absolute Gasteiger partial charge is 0.311 e. The SMILES string of the molecule is CC(Cc1ccc(C(C)(C)C)cc1)NC1CCCC1. The molecule has 19 heavy (non-hydrogen) atoms. The summed E-state index contributed by atoms with van der Waals surface area (Å²) in [5, 5.41) is 3.77. The summed E-state index contributed by atoms with van der Waals surface area (Å²) in [5.74, 6) is 0. The quantitative estimate of drug-likeness (QED) is 0.842. The van der Waals surface area contributed by atoms with Gasteiger partial charge in [0.2, 0.25) is 0 Å². The Hall–Kier alpha value is -0.820. The smallest absolute Gasteiger partial charge is 0.00817 e. The fraction of sp³-hybridized carbons (Fsp3) is 0.667. The molecule has 1 fully saturated rings. The van der Waals surface area contributed by atoms with Crippen LogP contribution < -0.4 is 5.32 Å². The zero-order valence-corrected chi connectivity index (χ0v) is 13.0. The lowest BCUT2D eigenvalue weighted by Gasteiger charge is -2.21. The van der Waals surface area contributed by atoms with Crippen molar-refractivity contribution < 1.29 is 0 Å². The van der Waals surface area contributed by atoms with Gasteiger partial charge in [0.05, 0.1) is 0 Å². The minimum atomic E-state index is 0.256. The molecule has 0 saturated heterocycles. The molecule has 2 rings (SSSR count). The molecule has 1 N–H and O–H groups in total. The molecular formula is C18H29N. The van der Waals surface area contributed by atoms with Gasteiger partial charge in [-0.2, -0.15) is 0 Å². The highest BCUT2D eigenvalue weighted by atomic mass is 14.9. The molecule has 0 aromatic heterocycles. The molecule has 1 heteroatoms. The highest BCUT2D eigenvalue weighted by Crippen LogP contribution is 2.23. The van der Waals surface area contributed by atoms with Crippen molar-refractivity contribution in [3.63, 3.8) is 0 Å². The van der Waals surface area contributed by atoms with E-state index in [0.717, 1.165) is 12.5 Å². The Kier molecular flexibility index (Phi) is 4.67. The summed E-state index contributed by atoms with van der Waals surface area (Å²) in [7, 11) is 0. The van der Waals surface area contributed by atoms with Crippen LogP contribution in [0.25, 0.3) is 0 Å². The molecule has 1 nitrogen and oxygen atoms in total. The fourth-order valence-corrected chi connectivity index (χ4v) is 3.05. The van der Waals surface area contributed by atoms with Gasteiger partial charge in [0, 0.05) is 12.1 Å². The van der Waals surface area contributed by atoms with Crippen LogP contribution in [0.3, 0.4) is 0 Å². The number of hydrogen-bond donors (Lipinski definition) is 1. The summed E-state index contributed by atoms with van der Waals surface area (Å²) in [6, 6.07) is 10.5. The van der Waals surface area contributed by atoms with Crippen LogP contribution in [0.2, 0.25) is 0 Å². The Balaban J connectivity index is 1.88. The van der Waals surface area contributed by atoms with Crippen LogP contribution in [-0.2, 0) is 11.8 Å². The van der Waals surface area contributed by atoms with Crippen LogP contribution in [0, 0.1) is 0 Å². The van der Waals surface area contributed by atoms with E-state index in [-0.39, 0.29) is 5.41 Å². The fourth-order valence-electron chi connectivity index (χ4n) is 3.05. The van der Waals surface area contributed by atoms with Gasteiger partial charge >= 0.3 is 0 Å². The monoisotopic (exact) mass is 259 g/mol. The highest BCUT2D eigenvalue weighted by molar-refractivity contribution is 5.27. The zero-order valence-electron chi connectivity index (χ0n) is 13.0. The number of benzene rings is 1. The van der Waals surface area contributed by atoms with E-state index in [0.29, 0.717) is 6.04 Å². The topological polar surface area (TPSA) is 12.0 Å². The summed E-state index contributed by atoms with van der Waals surface area (Å²) in [5.41, 5.74) is 3.13. The summed E-state index contributed by atoms with van der Waals surface area (Å²) in [6.07, 6.45) is 6.69. The Morgan fingerprint density at radius 3 is 2.21 bits per heavy atom. The van der Waals surface area contributed by atoms with E-state index in [1.807, 2.05) is 0 Å². The third-order valence-electron chi connectivity index (χ3n) is 4.24. The van der Waals surface area contributed by atoms with E-state index in [2.05, 4.69) is 57.3 Å². The molecule has 0 aliphatic heterocycles. The third-order valence-corrected chi connectivity index (χ3v) is 4.24. The molecular weight excluding hydrogens is 230 g/mol. The average molecular weight is 259 g/mol. The maximum atomic E-state index is 3.77. The molecule has 0 amide bonds. The van der Waals surface area contributed by atoms with E-state index >= 15 is 0 Å². The maximum absolute atomic E-state index is 3.77. The van der Waals surface area contributed by atoms with Crippen molar-refractivity contribution in [2.75, 3.05) is 0 Å². The molecule has 1 unspecified atom stereocenters. The normalized spacial score (nSPS) is 18.7. The molecule has 106 valence electrons. The van der Waals surface area contributed by atoms with Crippen molar-refractivity contribution >= 4 is 0 Å². The first-order valence-electron chi connectivity index (χ1n) is 7.80. The second kappa shape index (κ2) is 6.09. The predicted molar refractivity (Wildman–Crippen MR) is 83.7 cm³/mol. The third kappa shape index (κ3) is 4.35. The van der Waals surface area contributed by atoms with Crippen molar-refractivity contribution in [3.8, 4) is 0 Å². The molecule has 0 radical (unpaired) electrons. The van der Waals surface area contributed by atoms with E-state index in [1.165, 1.54) is 36.8 Å². The Bertz CT molecular complexity index is 379. The lowest BCUT2D eigenvalue weighted by molar-refractivity contribution is 0.448. The van der Waals surface area contributed by atoms with Gasteiger partial charge in [0.15, 0.2) is 0 Å². The number of hydrogen-bond acceptors (Lipinski definition) is 1. The molecule has 1 aromatic rings. The van der Waals surface area contributed by atoms with Crippen LogP contribution in [0.4, 0.5) is 0 Å². The van der Waals surface area contributed by atoms with E-state index < -0.39 is 0 Å². The summed E-state index contributed by atoms with van der Waals surface area (Å²) < 4.78 is 0. The summed E-state index contributed by atoms with van der Waals surface area (Å²) >= 11 is 0. The summed E-state index contributed by atoms with van der Waals surface area (Å²) in [4.78, 5) is 0. The van der Waals surface area contributed by atoms with Gasteiger partial charge in [-0.15, -0.1) is 0 Å². The van der Waals surface area contributed by atoms with E-state index in [4.69, 9.17) is 0 Å². The zero-order chi connectivity index (χ0) is 13.9. The highest BCUT2D eigenvalue weighted by Gasteiger charge is 2.17. The van der Waals surface area contributed by atoms with Crippen LogP contribution in [0.15, 0.2) is 24.3 Å². The van der Waals surface area contributed by atoms with Crippen molar-refractivity contribution in [1.82, 2.24) is 5.32 Å². The van der Waals surface area contributed by atoms with Gasteiger partial charge in [-0.05, 0) is 42.7 Å². The molecule has 1 aliphatic carbocycles. The van der Waals surface area contributed by atoms with Crippen molar-refractivity contribution in [2.45, 2.75) is 77.3 Å². The summed E-state index contributed by atoms with van der Waals surface area (Å²) in [6.45, 7) is 9.13. The Morgan fingerprint density at radius 2 is 1.68 bits per heavy atom. The first-order valence-corrected chi connectivity index (χ1v) is 7.80. The van der Waals surface area contributed by atoms with Crippen LogP contribution in [0.1, 0.15) is 64.5 Å². The Morgan fingerprint density at radius 1 is 1.11 bits per heavy atom. The van der Waals surface area contributed by atoms with Gasteiger partial charge in [-0.3, -0.25) is 0 Å². The van der Waals surface area contributed by atoms with Crippen molar-refractivity contribution in [1.29, 1.82) is 0 Å². The first kappa shape index (κ1) is 14.6. The van der Waals surface area contributed by atoms with E-state index in [1.54, 1.807) is 0 Å². The van der Waals surface area contributed by atoms with Crippen LogP contribution in [0.5, 0.6) is 0 Å². The van der Waals surface area contributed by atoms with Gasteiger partial charge in [-0.25, -0.2) is 0 Å². The Labute approximate surface area is 118 Å². The second-order valence-electron chi connectivity index (χ2n) is 7.20.